The third-order valence-corrected chi connectivity index (χ3v) is 4.12. The van der Waals surface area contributed by atoms with Crippen molar-refractivity contribution in [2.75, 3.05) is 11.5 Å². The molecule has 1 aromatic heterocycles. The number of carboxylic acid groups (broad SMARTS) is 1. The Bertz CT molecular complexity index is 347. The Morgan fingerprint density at radius 2 is 2.53 bits per heavy atom. The zero-order valence-electron chi connectivity index (χ0n) is 8.35. The summed E-state index contributed by atoms with van der Waals surface area (Å²) >= 11 is 1.83. The van der Waals surface area contributed by atoms with Gasteiger partial charge in [-0.2, -0.15) is 11.8 Å². The highest BCUT2D eigenvalue weighted by atomic mass is 32.2. The topological polar surface area (TPSA) is 50.2 Å². The summed E-state index contributed by atoms with van der Waals surface area (Å²) in [5.41, 5.74) is 0.877. The number of thioether (sulfide) groups is 1. The van der Waals surface area contributed by atoms with Crippen molar-refractivity contribution in [3.63, 3.8) is 0 Å². The summed E-state index contributed by atoms with van der Waals surface area (Å²) in [7, 11) is 0. The van der Waals surface area contributed by atoms with E-state index in [0.717, 1.165) is 23.5 Å². The van der Waals surface area contributed by atoms with Crippen molar-refractivity contribution in [2.24, 2.45) is 0 Å². The largest absolute Gasteiger partial charge is 0.481 e. The van der Waals surface area contributed by atoms with E-state index in [1.165, 1.54) is 0 Å². The van der Waals surface area contributed by atoms with E-state index in [2.05, 4.69) is 4.98 Å². The van der Waals surface area contributed by atoms with Gasteiger partial charge in [0.2, 0.25) is 0 Å². The van der Waals surface area contributed by atoms with E-state index in [1.807, 2.05) is 23.9 Å². The molecule has 3 nitrogen and oxygen atoms in total. The first-order chi connectivity index (χ1) is 7.23. The Morgan fingerprint density at radius 1 is 1.67 bits per heavy atom. The summed E-state index contributed by atoms with van der Waals surface area (Å²) in [5, 5.41) is 8.97. The van der Waals surface area contributed by atoms with Crippen LogP contribution in [-0.2, 0) is 10.2 Å². The predicted molar refractivity (Wildman–Crippen MR) is 60.1 cm³/mol. The first-order valence-electron chi connectivity index (χ1n) is 4.93. The molecule has 0 bridgehead atoms. The summed E-state index contributed by atoms with van der Waals surface area (Å²) in [5.74, 6) is 1.22. The number of nitrogens with zero attached hydrogens (tertiary/aromatic N) is 1. The maximum atomic E-state index is 10.9. The molecule has 1 atom stereocenters. The molecule has 1 aliphatic heterocycles. The second-order valence-electron chi connectivity index (χ2n) is 3.90. The molecule has 0 saturated carbocycles. The minimum atomic E-state index is -0.721. The van der Waals surface area contributed by atoms with Gasteiger partial charge in [-0.1, -0.05) is 6.07 Å². The normalized spacial score (nSPS) is 25.3. The van der Waals surface area contributed by atoms with E-state index in [9.17, 15) is 4.79 Å². The van der Waals surface area contributed by atoms with Gasteiger partial charge in [0.15, 0.2) is 0 Å². The quantitative estimate of drug-likeness (QED) is 0.850. The lowest BCUT2D eigenvalue weighted by Gasteiger charge is -2.26. The molecular weight excluding hydrogens is 210 g/mol. The number of aromatic nitrogens is 1. The van der Waals surface area contributed by atoms with Crippen molar-refractivity contribution >= 4 is 17.7 Å². The molecule has 1 N–H and O–H groups in total. The zero-order valence-corrected chi connectivity index (χ0v) is 9.17. The maximum Gasteiger partial charge on any atom is 0.304 e. The molecule has 80 valence electrons. The summed E-state index contributed by atoms with van der Waals surface area (Å²) in [6, 6.07) is 3.86. The number of aliphatic carboxylic acids is 1. The molecule has 1 saturated heterocycles. The highest BCUT2D eigenvalue weighted by Crippen LogP contribution is 2.41. The number of hydrogen-bond acceptors (Lipinski definition) is 3. The molecule has 0 amide bonds. The molecule has 0 aromatic carbocycles. The Hall–Kier alpha value is -1.03. The highest BCUT2D eigenvalue weighted by molar-refractivity contribution is 7.99. The molecule has 1 aliphatic rings. The molecule has 1 fully saturated rings. The summed E-state index contributed by atoms with van der Waals surface area (Å²) < 4.78 is 0. The van der Waals surface area contributed by atoms with Gasteiger partial charge in [0.1, 0.15) is 0 Å². The van der Waals surface area contributed by atoms with Gasteiger partial charge in [-0.3, -0.25) is 9.78 Å². The molecule has 1 unspecified atom stereocenters. The maximum absolute atomic E-state index is 10.9. The number of hydrogen-bond donors (Lipinski definition) is 1. The van der Waals surface area contributed by atoms with Crippen molar-refractivity contribution in [1.82, 2.24) is 4.98 Å². The Balaban J connectivity index is 2.30. The smallest absolute Gasteiger partial charge is 0.304 e. The SMILES string of the molecule is O=C(O)CC1(c2cccnc2)CCSC1. The Morgan fingerprint density at radius 3 is 3.07 bits per heavy atom. The lowest BCUT2D eigenvalue weighted by Crippen LogP contribution is -2.29. The van der Waals surface area contributed by atoms with E-state index in [-0.39, 0.29) is 11.8 Å². The molecule has 0 radical (unpaired) electrons. The average Bonchev–Trinajstić information content (AvgIpc) is 2.68. The van der Waals surface area contributed by atoms with Gasteiger partial charge in [0.05, 0.1) is 6.42 Å². The fraction of sp³-hybridized carbons (Fsp3) is 0.455. The first kappa shape index (κ1) is 10.5. The minimum absolute atomic E-state index is 0.190. The fourth-order valence-corrected chi connectivity index (χ4v) is 3.53. The Labute approximate surface area is 92.9 Å². The van der Waals surface area contributed by atoms with Gasteiger partial charge in [-0.15, -0.1) is 0 Å². The zero-order chi connectivity index (χ0) is 10.7. The molecule has 15 heavy (non-hydrogen) atoms. The number of pyridine rings is 1. The van der Waals surface area contributed by atoms with E-state index >= 15 is 0 Å². The molecule has 4 heteroatoms. The molecule has 0 spiro atoms. The summed E-state index contributed by atoms with van der Waals surface area (Å²) in [6.45, 7) is 0. The van der Waals surface area contributed by atoms with Crippen LogP contribution in [0.25, 0.3) is 0 Å². The van der Waals surface area contributed by atoms with Crippen molar-refractivity contribution in [1.29, 1.82) is 0 Å². The Kier molecular flexibility index (Phi) is 2.95. The van der Waals surface area contributed by atoms with Gasteiger partial charge in [0, 0.05) is 23.6 Å². The molecule has 0 aliphatic carbocycles. The summed E-state index contributed by atoms with van der Waals surface area (Å²) in [4.78, 5) is 15.0. The van der Waals surface area contributed by atoms with Crippen LogP contribution >= 0.6 is 11.8 Å². The van der Waals surface area contributed by atoms with Crippen molar-refractivity contribution < 1.29 is 9.90 Å². The molecule has 2 heterocycles. The third-order valence-electron chi connectivity index (χ3n) is 2.87. The lowest BCUT2D eigenvalue weighted by molar-refractivity contribution is -0.138. The van der Waals surface area contributed by atoms with Crippen LogP contribution in [0.5, 0.6) is 0 Å². The standard InChI is InChI=1S/C11H13NO2S/c13-10(14)6-11(3-5-15-8-11)9-2-1-4-12-7-9/h1-2,4,7H,3,5-6,8H2,(H,13,14). The van der Waals surface area contributed by atoms with Gasteiger partial charge in [-0.05, 0) is 23.8 Å². The van der Waals surface area contributed by atoms with Crippen molar-refractivity contribution in [3.05, 3.63) is 30.1 Å². The lowest BCUT2D eigenvalue weighted by atomic mass is 9.78. The third kappa shape index (κ3) is 2.15. The predicted octanol–water partition coefficient (Wildman–Crippen LogP) is 1.93. The van der Waals surface area contributed by atoms with Crippen LogP contribution in [0.15, 0.2) is 24.5 Å². The van der Waals surface area contributed by atoms with E-state index in [1.54, 1.807) is 12.4 Å². The second-order valence-corrected chi connectivity index (χ2v) is 5.00. The van der Waals surface area contributed by atoms with Crippen LogP contribution in [0.3, 0.4) is 0 Å². The van der Waals surface area contributed by atoms with Crippen LogP contribution in [0.1, 0.15) is 18.4 Å². The highest BCUT2D eigenvalue weighted by Gasteiger charge is 2.38. The van der Waals surface area contributed by atoms with Crippen LogP contribution in [0.4, 0.5) is 0 Å². The van der Waals surface area contributed by atoms with E-state index in [0.29, 0.717) is 0 Å². The average molecular weight is 223 g/mol. The summed E-state index contributed by atoms with van der Waals surface area (Å²) in [6.07, 6.45) is 4.68. The number of carbonyl (C=O) groups is 1. The van der Waals surface area contributed by atoms with Crippen LogP contribution < -0.4 is 0 Å². The van der Waals surface area contributed by atoms with Crippen molar-refractivity contribution in [3.8, 4) is 0 Å². The van der Waals surface area contributed by atoms with Gasteiger partial charge in [0.25, 0.3) is 0 Å². The van der Waals surface area contributed by atoms with Crippen LogP contribution in [0.2, 0.25) is 0 Å². The van der Waals surface area contributed by atoms with Crippen LogP contribution in [0, 0.1) is 0 Å². The van der Waals surface area contributed by atoms with Crippen molar-refractivity contribution in [2.45, 2.75) is 18.3 Å². The first-order valence-corrected chi connectivity index (χ1v) is 6.08. The second kappa shape index (κ2) is 4.23. The molecule has 1 aromatic rings. The van der Waals surface area contributed by atoms with Gasteiger partial charge >= 0.3 is 5.97 Å². The van der Waals surface area contributed by atoms with Crippen LogP contribution in [-0.4, -0.2) is 27.6 Å². The molecular formula is C11H13NO2S. The van der Waals surface area contributed by atoms with E-state index < -0.39 is 5.97 Å². The number of rotatable bonds is 3. The molecule has 2 rings (SSSR count). The van der Waals surface area contributed by atoms with E-state index in [4.69, 9.17) is 5.11 Å². The number of carboxylic acids is 1. The monoisotopic (exact) mass is 223 g/mol. The van der Waals surface area contributed by atoms with Gasteiger partial charge < -0.3 is 5.11 Å². The van der Waals surface area contributed by atoms with Gasteiger partial charge in [-0.25, -0.2) is 0 Å². The minimum Gasteiger partial charge on any atom is -0.481 e. The fourth-order valence-electron chi connectivity index (χ4n) is 2.04.